The van der Waals surface area contributed by atoms with Crippen LogP contribution in [0.15, 0.2) is 18.2 Å². The van der Waals surface area contributed by atoms with E-state index in [9.17, 15) is 4.79 Å². The Balaban J connectivity index is 2.82. The SMILES string of the molecule is N#CCNC(=O)c1ccc(Cl)c(N)c1. The summed E-state index contributed by atoms with van der Waals surface area (Å²) in [5.41, 5.74) is 6.24. The smallest absolute Gasteiger partial charge is 0.252 e. The number of hydrogen-bond acceptors (Lipinski definition) is 3. The number of rotatable bonds is 2. The lowest BCUT2D eigenvalue weighted by molar-refractivity contribution is 0.0958. The monoisotopic (exact) mass is 209 g/mol. The zero-order chi connectivity index (χ0) is 10.6. The number of carbonyl (C=O) groups excluding carboxylic acids is 1. The van der Waals surface area contributed by atoms with Crippen LogP contribution >= 0.6 is 11.6 Å². The van der Waals surface area contributed by atoms with Gasteiger partial charge in [0.15, 0.2) is 0 Å². The van der Waals surface area contributed by atoms with E-state index >= 15 is 0 Å². The number of amides is 1. The quantitative estimate of drug-likeness (QED) is 0.567. The van der Waals surface area contributed by atoms with Gasteiger partial charge < -0.3 is 11.1 Å². The summed E-state index contributed by atoms with van der Waals surface area (Å²) in [4.78, 5) is 11.3. The normalized spacial score (nSPS) is 9.14. The molecule has 0 aromatic heterocycles. The first-order valence-electron chi connectivity index (χ1n) is 3.85. The van der Waals surface area contributed by atoms with Crippen LogP contribution < -0.4 is 11.1 Å². The third-order valence-electron chi connectivity index (χ3n) is 1.59. The highest BCUT2D eigenvalue weighted by molar-refractivity contribution is 6.33. The number of halogens is 1. The van der Waals surface area contributed by atoms with E-state index in [-0.39, 0.29) is 12.5 Å². The van der Waals surface area contributed by atoms with Crippen LogP contribution in [-0.2, 0) is 0 Å². The second-order valence-corrected chi connectivity index (χ2v) is 2.98. The third-order valence-corrected chi connectivity index (χ3v) is 1.93. The summed E-state index contributed by atoms with van der Waals surface area (Å²) in [6.07, 6.45) is 0. The molecule has 0 aliphatic carbocycles. The molecule has 0 bridgehead atoms. The van der Waals surface area contributed by atoms with Gasteiger partial charge in [-0.25, -0.2) is 0 Å². The summed E-state index contributed by atoms with van der Waals surface area (Å²) in [5.74, 6) is -0.338. The molecule has 0 saturated carbocycles. The molecule has 0 spiro atoms. The highest BCUT2D eigenvalue weighted by Crippen LogP contribution is 2.19. The summed E-state index contributed by atoms with van der Waals surface area (Å²) < 4.78 is 0. The number of nitriles is 1. The molecule has 1 rings (SSSR count). The number of carbonyl (C=O) groups is 1. The Morgan fingerprint density at radius 1 is 1.64 bits per heavy atom. The van der Waals surface area contributed by atoms with E-state index in [0.29, 0.717) is 16.3 Å². The van der Waals surface area contributed by atoms with Crippen LogP contribution in [0.2, 0.25) is 5.02 Å². The number of hydrogen-bond donors (Lipinski definition) is 2. The van der Waals surface area contributed by atoms with Crippen LogP contribution in [0.4, 0.5) is 5.69 Å². The molecule has 4 nitrogen and oxygen atoms in total. The number of nitrogens with two attached hydrogens (primary N) is 1. The topological polar surface area (TPSA) is 78.9 Å². The van der Waals surface area contributed by atoms with Crippen molar-refractivity contribution in [3.05, 3.63) is 28.8 Å². The summed E-state index contributed by atoms with van der Waals surface area (Å²) in [6.45, 7) is -0.0264. The van der Waals surface area contributed by atoms with Gasteiger partial charge in [0.05, 0.1) is 16.8 Å². The maximum absolute atomic E-state index is 11.3. The van der Waals surface area contributed by atoms with E-state index in [0.717, 1.165) is 0 Å². The first kappa shape index (κ1) is 10.4. The van der Waals surface area contributed by atoms with E-state index in [1.54, 1.807) is 12.1 Å². The van der Waals surface area contributed by atoms with Crippen molar-refractivity contribution in [3.63, 3.8) is 0 Å². The summed E-state index contributed by atoms with van der Waals surface area (Å²) in [5, 5.41) is 11.1. The molecular formula is C9H8ClN3O. The molecule has 72 valence electrons. The molecule has 5 heteroatoms. The number of nitrogens with zero attached hydrogens (tertiary/aromatic N) is 1. The molecular weight excluding hydrogens is 202 g/mol. The Hall–Kier alpha value is -1.73. The van der Waals surface area contributed by atoms with Crippen LogP contribution in [0.1, 0.15) is 10.4 Å². The van der Waals surface area contributed by atoms with Crippen molar-refractivity contribution in [1.29, 1.82) is 5.26 Å². The molecule has 14 heavy (non-hydrogen) atoms. The zero-order valence-electron chi connectivity index (χ0n) is 7.25. The number of nitrogen functional groups attached to an aromatic ring is 1. The van der Waals surface area contributed by atoms with Gasteiger partial charge in [-0.1, -0.05) is 11.6 Å². The van der Waals surface area contributed by atoms with Gasteiger partial charge in [-0.05, 0) is 18.2 Å². The van der Waals surface area contributed by atoms with Crippen molar-refractivity contribution >= 4 is 23.2 Å². The molecule has 0 heterocycles. The van der Waals surface area contributed by atoms with Gasteiger partial charge in [0, 0.05) is 5.56 Å². The Morgan fingerprint density at radius 2 is 2.36 bits per heavy atom. The molecule has 0 saturated heterocycles. The highest BCUT2D eigenvalue weighted by Gasteiger charge is 2.05. The van der Waals surface area contributed by atoms with Gasteiger partial charge in [-0.2, -0.15) is 5.26 Å². The minimum absolute atomic E-state index is 0.0264. The van der Waals surface area contributed by atoms with Gasteiger partial charge in [-0.15, -0.1) is 0 Å². The zero-order valence-corrected chi connectivity index (χ0v) is 8.01. The van der Waals surface area contributed by atoms with Crippen LogP contribution in [0, 0.1) is 11.3 Å². The molecule has 0 aliphatic rings. The summed E-state index contributed by atoms with van der Waals surface area (Å²) in [7, 11) is 0. The highest BCUT2D eigenvalue weighted by atomic mass is 35.5. The van der Waals surface area contributed by atoms with Crippen LogP contribution in [0.5, 0.6) is 0 Å². The molecule has 0 aliphatic heterocycles. The van der Waals surface area contributed by atoms with Crippen molar-refractivity contribution in [3.8, 4) is 6.07 Å². The van der Waals surface area contributed by atoms with E-state index in [1.807, 2.05) is 0 Å². The largest absolute Gasteiger partial charge is 0.398 e. The first-order valence-corrected chi connectivity index (χ1v) is 4.23. The first-order chi connectivity index (χ1) is 6.65. The summed E-state index contributed by atoms with van der Waals surface area (Å²) in [6, 6.07) is 6.36. The van der Waals surface area contributed by atoms with Crippen LogP contribution in [-0.4, -0.2) is 12.5 Å². The lowest BCUT2D eigenvalue weighted by Crippen LogP contribution is -2.23. The van der Waals surface area contributed by atoms with Crippen molar-refractivity contribution in [2.75, 3.05) is 12.3 Å². The lowest BCUT2D eigenvalue weighted by Gasteiger charge is -2.03. The Kier molecular flexibility index (Phi) is 3.32. The van der Waals surface area contributed by atoms with Crippen LogP contribution in [0.3, 0.4) is 0 Å². The summed E-state index contributed by atoms with van der Waals surface area (Å²) >= 11 is 5.68. The second-order valence-electron chi connectivity index (χ2n) is 2.58. The van der Waals surface area contributed by atoms with Crippen molar-refractivity contribution in [2.24, 2.45) is 0 Å². The molecule has 0 unspecified atom stereocenters. The molecule has 1 aromatic rings. The molecule has 3 N–H and O–H groups in total. The average Bonchev–Trinajstić information content (AvgIpc) is 2.18. The Labute approximate surface area is 86.3 Å². The van der Waals surface area contributed by atoms with Gasteiger partial charge in [0.2, 0.25) is 0 Å². The predicted molar refractivity (Wildman–Crippen MR) is 53.8 cm³/mol. The average molecular weight is 210 g/mol. The predicted octanol–water partition coefficient (Wildman–Crippen LogP) is 1.18. The molecule has 1 amide bonds. The molecule has 0 atom stereocenters. The molecule has 1 aromatic carbocycles. The fourth-order valence-electron chi connectivity index (χ4n) is 0.907. The second kappa shape index (κ2) is 4.49. The van der Waals surface area contributed by atoms with E-state index in [4.69, 9.17) is 22.6 Å². The lowest BCUT2D eigenvalue weighted by atomic mass is 10.2. The van der Waals surface area contributed by atoms with Gasteiger partial charge in [0.25, 0.3) is 5.91 Å². The van der Waals surface area contributed by atoms with Gasteiger partial charge >= 0.3 is 0 Å². The maximum atomic E-state index is 11.3. The fourth-order valence-corrected chi connectivity index (χ4v) is 1.02. The Bertz CT molecular complexity index is 398. The minimum atomic E-state index is -0.338. The standard InChI is InChI=1S/C9H8ClN3O/c10-7-2-1-6(5-8(7)12)9(14)13-4-3-11/h1-2,5H,4,12H2,(H,13,14). The molecule has 0 radical (unpaired) electrons. The number of nitrogens with one attached hydrogen (secondary N) is 1. The third kappa shape index (κ3) is 2.38. The van der Waals surface area contributed by atoms with Crippen LogP contribution in [0.25, 0.3) is 0 Å². The molecule has 0 fully saturated rings. The number of benzene rings is 1. The van der Waals surface area contributed by atoms with Gasteiger partial charge in [-0.3, -0.25) is 4.79 Å². The van der Waals surface area contributed by atoms with Gasteiger partial charge in [0.1, 0.15) is 6.54 Å². The maximum Gasteiger partial charge on any atom is 0.252 e. The van der Waals surface area contributed by atoms with Crippen molar-refractivity contribution < 1.29 is 4.79 Å². The van der Waals surface area contributed by atoms with Crippen molar-refractivity contribution in [1.82, 2.24) is 5.32 Å². The van der Waals surface area contributed by atoms with E-state index in [1.165, 1.54) is 12.1 Å². The minimum Gasteiger partial charge on any atom is -0.398 e. The fraction of sp³-hybridized carbons (Fsp3) is 0.111. The van der Waals surface area contributed by atoms with Crippen molar-refractivity contribution in [2.45, 2.75) is 0 Å². The van der Waals surface area contributed by atoms with E-state index in [2.05, 4.69) is 5.32 Å². The Morgan fingerprint density at radius 3 is 2.93 bits per heavy atom. The number of anilines is 1. The van der Waals surface area contributed by atoms with E-state index < -0.39 is 0 Å².